The quantitative estimate of drug-likeness (QED) is 0.918. The third-order valence-corrected chi connectivity index (χ3v) is 5.21. The highest BCUT2D eigenvalue weighted by molar-refractivity contribution is 8.03. The first-order chi connectivity index (χ1) is 11.2. The lowest BCUT2D eigenvalue weighted by atomic mass is 9.92. The Hall–Kier alpha value is -2.33. The number of fused-ring (bicyclic) bond motifs is 1. The molecule has 1 amide bonds. The topological polar surface area (TPSA) is 41.5 Å². The molecule has 2 heterocycles. The number of nitrogens with one attached hydrogen (secondary N) is 1. The van der Waals surface area contributed by atoms with E-state index in [0.717, 1.165) is 16.7 Å². The number of carbonyl (C=O) groups excluding carboxylic acids is 1. The van der Waals surface area contributed by atoms with Gasteiger partial charge in [-0.05, 0) is 23.5 Å². The highest BCUT2D eigenvalue weighted by atomic mass is 32.2. The maximum Gasteiger partial charge on any atom is 0.236 e. The summed E-state index contributed by atoms with van der Waals surface area (Å²) < 4.78 is 0. The van der Waals surface area contributed by atoms with Crippen molar-refractivity contribution in [1.29, 1.82) is 0 Å². The molecule has 0 saturated carbocycles. The lowest BCUT2D eigenvalue weighted by Gasteiger charge is -2.25. The number of thioether (sulfide) groups is 1. The van der Waals surface area contributed by atoms with Gasteiger partial charge in [-0.1, -0.05) is 60.2 Å². The molecule has 2 aliphatic heterocycles. The fourth-order valence-electron chi connectivity index (χ4n) is 2.91. The number of hydrogen-bond donors (Lipinski definition) is 1. The third-order valence-electron chi connectivity index (χ3n) is 4.17. The number of amidine groups is 1. The molecular weight excluding hydrogens is 304 g/mol. The molecule has 0 aromatic heterocycles. The van der Waals surface area contributed by atoms with Gasteiger partial charge in [0.1, 0.15) is 11.2 Å². The molecule has 4 rings (SSSR count). The lowest BCUT2D eigenvalue weighted by molar-refractivity contribution is -0.122. The maximum atomic E-state index is 12.7. The number of hydrogen-bond acceptors (Lipinski definition) is 3. The van der Waals surface area contributed by atoms with Gasteiger partial charge in [-0.25, -0.2) is 0 Å². The molecule has 0 radical (unpaired) electrons. The van der Waals surface area contributed by atoms with Gasteiger partial charge in [0.25, 0.3) is 0 Å². The van der Waals surface area contributed by atoms with Crippen molar-refractivity contribution in [1.82, 2.24) is 5.32 Å². The molecule has 0 aliphatic carbocycles. The average molecular weight is 320 g/mol. The van der Waals surface area contributed by atoms with Crippen LogP contribution >= 0.6 is 11.8 Å². The Labute approximate surface area is 139 Å². The molecule has 0 unspecified atom stereocenters. The van der Waals surface area contributed by atoms with E-state index in [4.69, 9.17) is 4.99 Å². The van der Waals surface area contributed by atoms with Gasteiger partial charge in [0.05, 0.1) is 5.92 Å². The molecule has 114 valence electrons. The summed E-state index contributed by atoms with van der Waals surface area (Å²) in [5, 5.41) is 4.98. The van der Waals surface area contributed by atoms with Crippen LogP contribution in [0.2, 0.25) is 0 Å². The molecular formula is C19H16N2OS. The Bertz CT molecular complexity index is 809. The van der Waals surface area contributed by atoms with E-state index in [1.807, 2.05) is 61.5 Å². The molecule has 23 heavy (non-hydrogen) atoms. The van der Waals surface area contributed by atoms with Gasteiger partial charge in [-0.15, -0.1) is 11.8 Å². The molecule has 0 bridgehead atoms. The van der Waals surface area contributed by atoms with Crippen LogP contribution in [0.3, 0.4) is 0 Å². The van der Waals surface area contributed by atoms with Crippen molar-refractivity contribution in [2.24, 2.45) is 10.9 Å². The summed E-state index contributed by atoms with van der Waals surface area (Å²) in [5.41, 5.74) is 4.30. The zero-order chi connectivity index (χ0) is 15.8. The van der Waals surface area contributed by atoms with Gasteiger partial charge in [0.15, 0.2) is 0 Å². The van der Waals surface area contributed by atoms with Crippen molar-refractivity contribution in [3.8, 4) is 0 Å². The maximum absolute atomic E-state index is 12.7. The predicted molar refractivity (Wildman–Crippen MR) is 95.1 cm³/mol. The normalized spacial score (nSPS) is 22.9. The van der Waals surface area contributed by atoms with E-state index in [1.54, 1.807) is 11.8 Å². The predicted octanol–water partition coefficient (Wildman–Crippen LogP) is 3.60. The van der Waals surface area contributed by atoms with Gasteiger partial charge in [0, 0.05) is 5.56 Å². The summed E-state index contributed by atoms with van der Waals surface area (Å²) in [5.74, 6) is 0.490. The second-order valence-corrected chi connectivity index (χ2v) is 6.77. The van der Waals surface area contributed by atoms with Crippen LogP contribution in [0.5, 0.6) is 0 Å². The molecule has 0 fully saturated rings. The lowest BCUT2D eigenvalue weighted by Crippen LogP contribution is -2.44. The Morgan fingerprint density at radius 1 is 1.00 bits per heavy atom. The van der Waals surface area contributed by atoms with E-state index in [9.17, 15) is 4.79 Å². The van der Waals surface area contributed by atoms with Crippen molar-refractivity contribution < 1.29 is 4.79 Å². The highest BCUT2D eigenvalue weighted by Gasteiger charge is 2.40. The van der Waals surface area contributed by atoms with E-state index in [2.05, 4.69) is 10.7 Å². The zero-order valence-corrected chi connectivity index (χ0v) is 13.5. The highest BCUT2D eigenvalue weighted by Crippen LogP contribution is 2.43. The number of benzene rings is 2. The van der Waals surface area contributed by atoms with Crippen LogP contribution in [0.25, 0.3) is 5.57 Å². The first-order valence-corrected chi connectivity index (χ1v) is 8.53. The standard InChI is InChI=1S/C19H16N2OS/c1-12-7-9-14(10-8-12)17-20-18(22)16-15(11-23-19(16)21-17)13-5-3-2-4-6-13/h2-11,16,19H,1H3,(H,20,21,22)/t16-,19+/m1/s1. The van der Waals surface area contributed by atoms with Crippen LogP contribution in [0.15, 0.2) is 65.0 Å². The summed E-state index contributed by atoms with van der Waals surface area (Å²) in [7, 11) is 0. The van der Waals surface area contributed by atoms with Crippen LogP contribution in [0, 0.1) is 12.8 Å². The summed E-state index contributed by atoms with van der Waals surface area (Å²) in [4.78, 5) is 17.4. The molecule has 2 atom stereocenters. The van der Waals surface area contributed by atoms with E-state index in [-0.39, 0.29) is 17.2 Å². The second kappa shape index (κ2) is 5.70. The number of aliphatic imine (C=N–C) groups is 1. The van der Waals surface area contributed by atoms with Crippen molar-refractivity contribution in [2.75, 3.05) is 0 Å². The third kappa shape index (κ3) is 2.59. The van der Waals surface area contributed by atoms with E-state index in [1.165, 1.54) is 5.56 Å². The summed E-state index contributed by atoms with van der Waals surface area (Å²) in [6.45, 7) is 2.05. The van der Waals surface area contributed by atoms with Gasteiger partial charge >= 0.3 is 0 Å². The SMILES string of the molecule is Cc1ccc(C2=N[C@H]3SC=C(c4ccccc4)[C@@H]3C(=O)N2)cc1. The fourth-order valence-corrected chi connectivity index (χ4v) is 4.08. The van der Waals surface area contributed by atoms with Crippen LogP contribution in [-0.4, -0.2) is 17.1 Å². The van der Waals surface area contributed by atoms with Crippen molar-refractivity contribution in [3.05, 3.63) is 76.7 Å². The average Bonchev–Trinajstić information content (AvgIpc) is 3.01. The van der Waals surface area contributed by atoms with Crippen molar-refractivity contribution >= 4 is 29.1 Å². The summed E-state index contributed by atoms with van der Waals surface area (Å²) in [6.07, 6.45) is 0. The fraction of sp³-hybridized carbons (Fsp3) is 0.158. The Morgan fingerprint density at radius 2 is 1.74 bits per heavy atom. The molecule has 2 aromatic rings. The molecule has 2 aromatic carbocycles. The zero-order valence-electron chi connectivity index (χ0n) is 12.7. The second-order valence-electron chi connectivity index (χ2n) is 5.78. The Morgan fingerprint density at radius 3 is 2.48 bits per heavy atom. The molecule has 2 aliphatic rings. The van der Waals surface area contributed by atoms with E-state index < -0.39 is 0 Å². The molecule has 3 nitrogen and oxygen atoms in total. The smallest absolute Gasteiger partial charge is 0.236 e. The van der Waals surface area contributed by atoms with Crippen LogP contribution in [0.4, 0.5) is 0 Å². The number of amides is 1. The van der Waals surface area contributed by atoms with Gasteiger partial charge < -0.3 is 5.32 Å². The van der Waals surface area contributed by atoms with E-state index >= 15 is 0 Å². The molecule has 1 N–H and O–H groups in total. The van der Waals surface area contributed by atoms with Gasteiger partial charge in [-0.2, -0.15) is 0 Å². The van der Waals surface area contributed by atoms with Crippen molar-refractivity contribution in [3.63, 3.8) is 0 Å². The summed E-state index contributed by atoms with van der Waals surface area (Å²) in [6, 6.07) is 18.1. The van der Waals surface area contributed by atoms with Crippen LogP contribution in [-0.2, 0) is 4.79 Å². The molecule has 4 heteroatoms. The monoisotopic (exact) mass is 320 g/mol. The van der Waals surface area contributed by atoms with Crippen molar-refractivity contribution in [2.45, 2.75) is 12.3 Å². The van der Waals surface area contributed by atoms with E-state index in [0.29, 0.717) is 5.84 Å². The Kier molecular flexibility index (Phi) is 3.54. The summed E-state index contributed by atoms with van der Waals surface area (Å²) >= 11 is 1.62. The number of aryl methyl sites for hydroxylation is 1. The minimum Gasteiger partial charge on any atom is -0.310 e. The Balaban J connectivity index is 1.65. The number of carbonyl (C=O) groups is 1. The largest absolute Gasteiger partial charge is 0.310 e. The van der Waals surface area contributed by atoms with Crippen LogP contribution < -0.4 is 5.32 Å². The number of rotatable bonds is 2. The van der Waals surface area contributed by atoms with Crippen LogP contribution in [0.1, 0.15) is 16.7 Å². The molecule has 0 saturated heterocycles. The van der Waals surface area contributed by atoms with Gasteiger partial charge in [-0.3, -0.25) is 9.79 Å². The van der Waals surface area contributed by atoms with Gasteiger partial charge in [0.2, 0.25) is 5.91 Å². The first-order valence-electron chi connectivity index (χ1n) is 7.59. The number of nitrogens with zero attached hydrogens (tertiary/aromatic N) is 1. The minimum absolute atomic E-state index is 0.0284. The first kappa shape index (κ1) is 14.3. The minimum atomic E-state index is -0.211. The molecule has 0 spiro atoms.